The largest absolute Gasteiger partial charge is 0.416 e. The third-order valence-corrected chi connectivity index (χ3v) is 6.99. The Hall–Kier alpha value is -3.13. The molecule has 2 amide bonds. The maximum absolute atomic E-state index is 13.1. The van der Waals surface area contributed by atoms with Gasteiger partial charge in [0.1, 0.15) is 0 Å². The highest BCUT2D eigenvalue weighted by atomic mass is 32.1. The lowest BCUT2D eigenvalue weighted by Crippen LogP contribution is -2.40. The normalized spacial score (nSPS) is 15.6. The van der Waals surface area contributed by atoms with Crippen molar-refractivity contribution in [1.29, 1.82) is 0 Å². The lowest BCUT2D eigenvalue weighted by molar-refractivity contribution is -0.137. The highest BCUT2D eigenvalue weighted by molar-refractivity contribution is 7.10. The van der Waals surface area contributed by atoms with Gasteiger partial charge in [0.05, 0.1) is 11.6 Å². The molecule has 2 aromatic carbocycles. The zero-order valence-corrected chi connectivity index (χ0v) is 19.5. The van der Waals surface area contributed by atoms with Crippen LogP contribution in [0.15, 0.2) is 60.0 Å². The van der Waals surface area contributed by atoms with Gasteiger partial charge in [-0.15, -0.1) is 11.3 Å². The van der Waals surface area contributed by atoms with Crippen molar-refractivity contribution in [2.45, 2.75) is 44.9 Å². The van der Waals surface area contributed by atoms with Crippen LogP contribution >= 0.6 is 11.3 Å². The second-order valence-corrected chi connectivity index (χ2v) is 9.43. The van der Waals surface area contributed by atoms with Crippen LogP contribution in [0, 0.1) is 6.92 Å². The summed E-state index contributed by atoms with van der Waals surface area (Å²) in [6.45, 7) is 2.57. The summed E-state index contributed by atoms with van der Waals surface area (Å²) in [6.07, 6.45) is -3.64. The average molecular weight is 487 g/mol. The summed E-state index contributed by atoms with van der Waals surface area (Å²) >= 11 is 1.69. The molecule has 34 heavy (non-hydrogen) atoms. The first-order chi connectivity index (χ1) is 16.2. The first-order valence-electron chi connectivity index (χ1n) is 11.1. The van der Waals surface area contributed by atoms with Crippen LogP contribution in [0.5, 0.6) is 0 Å². The topological polar surface area (TPSA) is 49.4 Å². The molecule has 1 aliphatic heterocycles. The highest BCUT2D eigenvalue weighted by Crippen LogP contribution is 2.38. The molecule has 4 rings (SSSR count). The van der Waals surface area contributed by atoms with Gasteiger partial charge >= 0.3 is 6.18 Å². The Bertz CT molecular complexity index is 1170. The van der Waals surface area contributed by atoms with Crippen LogP contribution in [-0.4, -0.2) is 23.3 Å². The van der Waals surface area contributed by atoms with E-state index >= 15 is 0 Å². The molecule has 2 heterocycles. The van der Waals surface area contributed by atoms with Crippen molar-refractivity contribution in [3.05, 3.63) is 92.7 Å². The van der Waals surface area contributed by atoms with Gasteiger partial charge in [-0.2, -0.15) is 13.2 Å². The smallest absolute Gasteiger partial charge is 0.352 e. The molecule has 0 saturated carbocycles. The monoisotopic (exact) mass is 486 g/mol. The SMILES string of the molecule is Cc1ccc(C2c3ccsc3CCN2C(=O)CCC(=O)NCc2cccc(C(F)(F)F)c2)cc1. The Balaban J connectivity index is 1.38. The molecule has 1 N–H and O–H groups in total. The van der Waals surface area contributed by atoms with Crippen molar-refractivity contribution in [3.8, 4) is 0 Å². The summed E-state index contributed by atoms with van der Waals surface area (Å²) < 4.78 is 38.6. The molecule has 0 fully saturated rings. The summed E-state index contributed by atoms with van der Waals surface area (Å²) in [4.78, 5) is 28.6. The number of fused-ring (bicyclic) bond motifs is 1. The molecule has 1 aliphatic rings. The van der Waals surface area contributed by atoms with Gasteiger partial charge in [0, 0.05) is 30.8 Å². The third kappa shape index (κ3) is 5.50. The number of aryl methyl sites for hydroxylation is 1. The maximum Gasteiger partial charge on any atom is 0.416 e. The molecule has 8 heteroatoms. The Morgan fingerprint density at radius 3 is 2.59 bits per heavy atom. The van der Waals surface area contributed by atoms with Crippen LogP contribution in [-0.2, 0) is 28.7 Å². The minimum Gasteiger partial charge on any atom is -0.352 e. The summed E-state index contributed by atoms with van der Waals surface area (Å²) in [5.74, 6) is -0.484. The average Bonchev–Trinajstić information content (AvgIpc) is 3.30. The Kier molecular flexibility index (Phi) is 7.07. The van der Waals surface area contributed by atoms with E-state index in [1.807, 2.05) is 41.5 Å². The van der Waals surface area contributed by atoms with E-state index < -0.39 is 11.7 Å². The van der Waals surface area contributed by atoms with Crippen LogP contribution < -0.4 is 5.32 Å². The van der Waals surface area contributed by atoms with Crippen molar-refractivity contribution in [2.75, 3.05) is 6.54 Å². The molecule has 0 saturated heterocycles. The first-order valence-corrected chi connectivity index (χ1v) is 12.0. The fraction of sp³-hybridized carbons (Fsp3) is 0.308. The number of nitrogens with zero attached hydrogens (tertiary/aromatic N) is 1. The van der Waals surface area contributed by atoms with Crippen LogP contribution in [0.1, 0.15) is 51.6 Å². The molecular weight excluding hydrogens is 461 g/mol. The van der Waals surface area contributed by atoms with E-state index in [-0.39, 0.29) is 37.2 Å². The molecule has 1 atom stereocenters. The van der Waals surface area contributed by atoms with Gasteiger partial charge in [0.15, 0.2) is 0 Å². The van der Waals surface area contributed by atoms with E-state index in [4.69, 9.17) is 0 Å². The standard InChI is InChI=1S/C26H25F3N2O2S/c1-17-5-7-19(8-6-17)25-21-12-14-34-22(21)11-13-31(25)24(33)10-9-23(32)30-16-18-3-2-4-20(15-18)26(27,28)29/h2-8,12,14-15,25H,9-11,13,16H2,1H3,(H,30,32). The summed E-state index contributed by atoms with van der Waals surface area (Å²) in [6, 6.07) is 14.9. The van der Waals surface area contributed by atoms with Gasteiger partial charge in [0.2, 0.25) is 11.8 Å². The lowest BCUT2D eigenvalue weighted by atomic mass is 9.92. The quantitative estimate of drug-likeness (QED) is 0.490. The van der Waals surface area contributed by atoms with Crippen LogP contribution in [0.2, 0.25) is 0 Å². The number of hydrogen-bond donors (Lipinski definition) is 1. The van der Waals surface area contributed by atoms with E-state index in [9.17, 15) is 22.8 Å². The Morgan fingerprint density at radius 2 is 1.85 bits per heavy atom. The molecule has 0 spiro atoms. The van der Waals surface area contributed by atoms with E-state index in [0.717, 1.165) is 35.2 Å². The van der Waals surface area contributed by atoms with Gasteiger partial charge in [0.25, 0.3) is 0 Å². The molecule has 1 aromatic heterocycles. The van der Waals surface area contributed by atoms with Crippen molar-refractivity contribution in [2.24, 2.45) is 0 Å². The predicted octanol–water partition coefficient (Wildman–Crippen LogP) is 5.65. The Morgan fingerprint density at radius 1 is 1.09 bits per heavy atom. The number of thiophene rings is 1. The zero-order valence-electron chi connectivity index (χ0n) is 18.7. The number of rotatable bonds is 6. The molecule has 0 bridgehead atoms. The van der Waals surface area contributed by atoms with Crippen molar-refractivity contribution < 1.29 is 22.8 Å². The number of benzene rings is 2. The van der Waals surface area contributed by atoms with Crippen LogP contribution in [0.3, 0.4) is 0 Å². The van der Waals surface area contributed by atoms with E-state index in [1.54, 1.807) is 11.3 Å². The minimum absolute atomic E-state index is 0.0224. The second kappa shape index (κ2) is 10.0. The number of alkyl halides is 3. The van der Waals surface area contributed by atoms with E-state index in [1.165, 1.54) is 17.0 Å². The Labute approximate surface area is 200 Å². The molecular formula is C26H25F3N2O2S. The maximum atomic E-state index is 13.1. The second-order valence-electron chi connectivity index (χ2n) is 8.42. The van der Waals surface area contributed by atoms with Gasteiger partial charge in [-0.1, -0.05) is 42.0 Å². The fourth-order valence-electron chi connectivity index (χ4n) is 4.20. The fourth-order valence-corrected chi connectivity index (χ4v) is 5.11. The highest BCUT2D eigenvalue weighted by Gasteiger charge is 2.33. The predicted molar refractivity (Wildman–Crippen MR) is 125 cm³/mol. The number of halogens is 3. The molecule has 3 aromatic rings. The number of carbonyl (C=O) groups is 2. The third-order valence-electron chi connectivity index (χ3n) is 5.99. The number of amides is 2. The van der Waals surface area contributed by atoms with Crippen molar-refractivity contribution >= 4 is 23.2 Å². The number of carbonyl (C=O) groups excluding carboxylic acids is 2. The molecule has 1 unspecified atom stereocenters. The molecule has 178 valence electrons. The summed E-state index contributed by atoms with van der Waals surface area (Å²) in [7, 11) is 0. The van der Waals surface area contributed by atoms with Crippen LogP contribution in [0.4, 0.5) is 13.2 Å². The molecule has 4 nitrogen and oxygen atoms in total. The van der Waals surface area contributed by atoms with E-state index in [2.05, 4.69) is 11.4 Å². The zero-order chi connectivity index (χ0) is 24.3. The summed E-state index contributed by atoms with van der Waals surface area (Å²) in [5.41, 5.74) is 2.90. The van der Waals surface area contributed by atoms with Gasteiger partial charge in [-0.05, 0) is 53.6 Å². The van der Waals surface area contributed by atoms with Gasteiger partial charge in [-0.3, -0.25) is 9.59 Å². The molecule has 0 aliphatic carbocycles. The van der Waals surface area contributed by atoms with E-state index in [0.29, 0.717) is 12.1 Å². The number of nitrogens with one attached hydrogen (secondary N) is 1. The molecule has 0 radical (unpaired) electrons. The summed E-state index contributed by atoms with van der Waals surface area (Å²) in [5, 5.41) is 4.66. The van der Waals surface area contributed by atoms with Gasteiger partial charge in [-0.25, -0.2) is 0 Å². The van der Waals surface area contributed by atoms with Crippen molar-refractivity contribution in [3.63, 3.8) is 0 Å². The lowest BCUT2D eigenvalue weighted by Gasteiger charge is -2.36. The number of hydrogen-bond acceptors (Lipinski definition) is 3. The van der Waals surface area contributed by atoms with Crippen LogP contribution in [0.25, 0.3) is 0 Å². The minimum atomic E-state index is -4.43. The van der Waals surface area contributed by atoms with Gasteiger partial charge < -0.3 is 10.2 Å². The first kappa shape index (κ1) is 24.0. The van der Waals surface area contributed by atoms with Crippen molar-refractivity contribution in [1.82, 2.24) is 10.2 Å².